The van der Waals surface area contributed by atoms with E-state index in [4.69, 9.17) is 14.0 Å². The summed E-state index contributed by atoms with van der Waals surface area (Å²) in [5.41, 5.74) is 2.89. The van der Waals surface area contributed by atoms with Crippen molar-refractivity contribution in [3.63, 3.8) is 0 Å². The van der Waals surface area contributed by atoms with E-state index < -0.39 is 6.10 Å². The van der Waals surface area contributed by atoms with Crippen molar-refractivity contribution in [3.8, 4) is 11.5 Å². The predicted molar refractivity (Wildman–Crippen MR) is 130 cm³/mol. The van der Waals surface area contributed by atoms with Crippen LogP contribution in [0.4, 0.5) is 5.69 Å². The van der Waals surface area contributed by atoms with Crippen molar-refractivity contribution in [2.45, 2.75) is 45.8 Å². The van der Waals surface area contributed by atoms with Gasteiger partial charge in [0.2, 0.25) is 0 Å². The highest BCUT2D eigenvalue weighted by atomic mass is 16.5. The number of piperidine rings is 1. The molecule has 0 aliphatic carbocycles. The SMILES string of the molecule is Cc1noc(C)c1COc1ccc(C(=O)N2C[C@H](C(=O)N3CCCCC3)Oc3ccccc32)cc1. The smallest absolute Gasteiger partial charge is 0.265 e. The number of anilines is 1. The van der Waals surface area contributed by atoms with Gasteiger partial charge < -0.3 is 23.8 Å². The zero-order chi connectivity index (χ0) is 24.4. The first kappa shape index (κ1) is 23.0. The maximum Gasteiger partial charge on any atom is 0.265 e. The molecule has 8 heteroatoms. The predicted octanol–water partition coefficient (Wildman–Crippen LogP) is 4.29. The Labute approximate surface area is 204 Å². The lowest BCUT2D eigenvalue weighted by Gasteiger charge is -2.37. The third-order valence-electron chi connectivity index (χ3n) is 6.63. The van der Waals surface area contributed by atoms with Crippen molar-refractivity contribution in [1.29, 1.82) is 0 Å². The first-order valence-corrected chi connectivity index (χ1v) is 12.0. The quantitative estimate of drug-likeness (QED) is 0.547. The second kappa shape index (κ2) is 9.82. The monoisotopic (exact) mass is 475 g/mol. The first-order valence-electron chi connectivity index (χ1n) is 12.0. The van der Waals surface area contributed by atoms with Crippen molar-refractivity contribution in [1.82, 2.24) is 10.1 Å². The van der Waals surface area contributed by atoms with Gasteiger partial charge in [-0.25, -0.2) is 0 Å². The molecule has 2 amide bonds. The van der Waals surface area contributed by atoms with E-state index >= 15 is 0 Å². The van der Waals surface area contributed by atoms with Gasteiger partial charge in [0.15, 0.2) is 6.10 Å². The Balaban J connectivity index is 1.32. The Bertz CT molecular complexity index is 1190. The average Bonchev–Trinajstić information content (AvgIpc) is 3.23. The summed E-state index contributed by atoms with van der Waals surface area (Å²) in [7, 11) is 0. The molecule has 1 aromatic heterocycles. The number of amides is 2. The molecule has 5 rings (SSSR count). The molecule has 0 radical (unpaired) electrons. The molecule has 0 spiro atoms. The summed E-state index contributed by atoms with van der Waals surface area (Å²) in [5, 5.41) is 3.94. The van der Waals surface area contributed by atoms with Crippen LogP contribution >= 0.6 is 0 Å². The van der Waals surface area contributed by atoms with Crippen LogP contribution in [0.25, 0.3) is 0 Å². The van der Waals surface area contributed by atoms with Crippen LogP contribution in [0.5, 0.6) is 11.5 Å². The summed E-state index contributed by atoms with van der Waals surface area (Å²) in [6, 6.07) is 14.4. The molecule has 2 aliphatic rings. The van der Waals surface area contributed by atoms with Crippen LogP contribution in [0.3, 0.4) is 0 Å². The number of para-hydroxylation sites is 2. The normalized spacial score (nSPS) is 17.5. The van der Waals surface area contributed by atoms with Gasteiger partial charge >= 0.3 is 0 Å². The van der Waals surface area contributed by atoms with Crippen LogP contribution in [0.1, 0.15) is 46.6 Å². The molecule has 1 fully saturated rings. The molecule has 0 saturated carbocycles. The molecule has 0 unspecified atom stereocenters. The molecule has 1 atom stereocenters. The third-order valence-corrected chi connectivity index (χ3v) is 6.63. The zero-order valence-corrected chi connectivity index (χ0v) is 20.0. The lowest BCUT2D eigenvalue weighted by atomic mass is 10.1. The molecule has 8 nitrogen and oxygen atoms in total. The average molecular weight is 476 g/mol. The molecule has 1 saturated heterocycles. The van der Waals surface area contributed by atoms with Gasteiger partial charge in [-0.05, 0) is 69.5 Å². The summed E-state index contributed by atoms with van der Waals surface area (Å²) in [5.74, 6) is 1.67. The van der Waals surface area contributed by atoms with Gasteiger partial charge in [-0.3, -0.25) is 9.59 Å². The Morgan fingerprint density at radius 1 is 1.03 bits per heavy atom. The lowest BCUT2D eigenvalue weighted by Crippen LogP contribution is -2.52. The zero-order valence-electron chi connectivity index (χ0n) is 20.0. The van der Waals surface area contributed by atoms with Crippen LogP contribution in [-0.4, -0.2) is 47.6 Å². The van der Waals surface area contributed by atoms with Gasteiger partial charge in [0.25, 0.3) is 11.8 Å². The Hall–Kier alpha value is -3.81. The maximum absolute atomic E-state index is 13.5. The second-order valence-corrected chi connectivity index (χ2v) is 8.99. The largest absolute Gasteiger partial charge is 0.489 e. The standard InChI is InChI=1S/C27H29N3O5/c1-18-22(19(2)35-28-18)17-33-21-12-10-20(11-13-21)26(31)30-16-25(27(32)29-14-6-3-7-15-29)34-24-9-5-4-8-23(24)30/h4-5,8-13,25H,3,6-7,14-17H2,1-2H3/t25-/m1/s1. The molecule has 3 aromatic rings. The fourth-order valence-electron chi connectivity index (χ4n) is 4.59. The number of aromatic nitrogens is 1. The van der Waals surface area contributed by atoms with Gasteiger partial charge in [-0.15, -0.1) is 0 Å². The highest BCUT2D eigenvalue weighted by molar-refractivity contribution is 6.08. The molecule has 0 bridgehead atoms. The summed E-state index contributed by atoms with van der Waals surface area (Å²) < 4.78 is 17.1. The number of carbonyl (C=O) groups excluding carboxylic acids is 2. The number of rotatable bonds is 5. The minimum Gasteiger partial charge on any atom is -0.489 e. The van der Waals surface area contributed by atoms with Crippen molar-refractivity contribution in [3.05, 3.63) is 71.1 Å². The molecule has 3 heterocycles. The van der Waals surface area contributed by atoms with Crippen LogP contribution in [-0.2, 0) is 11.4 Å². The molecule has 2 aromatic carbocycles. The van der Waals surface area contributed by atoms with Gasteiger partial charge in [0.05, 0.1) is 23.5 Å². The molecule has 0 N–H and O–H groups in total. The summed E-state index contributed by atoms with van der Waals surface area (Å²) in [4.78, 5) is 30.2. The minimum absolute atomic E-state index is 0.0555. The van der Waals surface area contributed by atoms with E-state index in [-0.39, 0.29) is 18.4 Å². The van der Waals surface area contributed by atoms with Crippen molar-refractivity contribution in [2.75, 3.05) is 24.5 Å². The van der Waals surface area contributed by atoms with E-state index in [1.165, 1.54) is 0 Å². The molecule has 182 valence electrons. The maximum atomic E-state index is 13.5. The summed E-state index contributed by atoms with van der Waals surface area (Å²) >= 11 is 0. The number of hydrogen-bond acceptors (Lipinski definition) is 6. The van der Waals surface area contributed by atoms with E-state index in [0.29, 0.717) is 29.4 Å². The number of benzene rings is 2. The van der Waals surface area contributed by atoms with E-state index in [0.717, 1.165) is 49.4 Å². The van der Waals surface area contributed by atoms with Gasteiger partial charge in [0.1, 0.15) is 23.9 Å². The number of carbonyl (C=O) groups is 2. The number of fused-ring (bicyclic) bond motifs is 1. The third kappa shape index (κ3) is 4.73. The minimum atomic E-state index is -0.718. The van der Waals surface area contributed by atoms with Crippen molar-refractivity contribution < 1.29 is 23.6 Å². The van der Waals surface area contributed by atoms with Crippen molar-refractivity contribution in [2.24, 2.45) is 0 Å². The summed E-state index contributed by atoms with van der Waals surface area (Å²) in [6.45, 7) is 5.72. The fourth-order valence-corrected chi connectivity index (χ4v) is 4.59. The molecular formula is C27H29N3O5. The van der Waals surface area contributed by atoms with Crippen molar-refractivity contribution >= 4 is 17.5 Å². The lowest BCUT2D eigenvalue weighted by molar-refractivity contribution is -0.139. The highest BCUT2D eigenvalue weighted by Gasteiger charge is 2.36. The van der Waals surface area contributed by atoms with E-state index in [1.807, 2.05) is 36.9 Å². The molecule has 35 heavy (non-hydrogen) atoms. The van der Waals surface area contributed by atoms with E-state index in [1.54, 1.807) is 35.2 Å². The number of hydrogen-bond donors (Lipinski definition) is 0. The Morgan fingerprint density at radius 3 is 2.49 bits per heavy atom. The Morgan fingerprint density at radius 2 is 1.77 bits per heavy atom. The fraction of sp³-hybridized carbons (Fsp3) is 0.370. The van der Waals surface area contributed by atoms with Gasteiger partial charge in [-0.2, -0.15) is 0 Å². The van der Waals surface area contributed by atoms with Gasteiger partial charge in [0, 0.05) is 18.7 Å². The number of aryl methyl sites for hydroxylation is 2. The Kier molecular flexibility index (Phi) is 6.44. The van der Waals surface area contributed by atoms with Crippen LogP contribution in [0, 0.1) is 13.8 Å². The van der Waals surface area contributed by atoms with E-state index in [9.17, 15) is 9.59 Å². The van der Waals surface area contributed by atoms with Crippen LogP contribution in [0.15, 0.2) is 53.1 Å². The molecule has 2 aliphatic heterocycles. The van der Waals surface area contributed by atoms with Gasteiger partial charge in [-0.1, -0.05) is 17.3 Å². The number of nitrogens with zero attached hydrogens (tertiary/aromatic N) is 3. The van der Waals surface area contributed by atoms with E-state index in [2.05, 4.69) is 5.16 Å². The van der Waals surface area contributed by atoms with Crippen LogP contribution < -0.4 is 14.4 Å². The molecular weight excluding hydrogens is 446 g/mol. The summed E-state index contributed by atoms with van der Waals surface area (Å²) in [6.07, 6.45) is 2.43. The highest BCUT2D eigenvalue weighted by Crippen LogP contribution is 2.35. The van der Waals surface area contributed by atoms with Crippen LogP contribution in [0.2, 0.25) is 0 Å². The topological polar surface area (TPSA) is 85.1 Å². The number of ether oxygens (including phenoxy) is 2. The second-order valence-electron chi connectivity index (χ2n) is 8.99. The first-order chi connectivity index (χ1) is 17.0. The number of likely N-dealkylation sites (tertiary alicyclic amines) is 1.